The molecule has 0 aliphatic carbocycles. The largest absolute Gasteiger partial charge is 0.481 e. The maximum Gasteiger partial charge on any atom is 0.307 e. The predicted octanol–water partition coefficient (Wildman–Crippen LogP) is 1.47. The number of carboxylic acids is 1. The highest BCUT2D eigenvalue weighted by Crippen LogP contribution is 2.14. The molecule has 0 amide bonds. The Morgan fingerprint density at radius 3 is 2.33 bits per heavy atom. The van der Waals surface area contributed by atoms with Crippen molar-refractivity contribution in [3.05, 3.63) is 0 Å². The lowest BCUT2D eigenvalue weighted by Gasteiger charge is -2.19. The summed E-state index contributed by atoms with van der Waals surface area (Å²) in [6.45, 7) is 5.84. The minimum absolute atomic E-state index is 0.211. The molecule has 0 aromatic carbocycles. The second kappa shape index (κ2) is 5.14. The Kier molecular flexibility index (Phi) is 4.90. The molecule has 0 heterocycles. The first-order valence-electron chi connectivity index (χ1n) is 4.47. The Labute approximate surface area is 74.0 Å². The maximum absolute atomic E-state index is 10.5. The molecule has 3 heteroatoms. The molecule has 0 aromatic rings. The van der Waals surface area contributed by atoms with E-state index in [1.165, 1.54) is 0 Å². The Hall–Kier alpha value is -0.570. The van der Waals surface area contributed by atoms with E-state index in [4.69, 9.17) is 10.8 Å². The van der Waals surface area contributed by atoms with E-state index >= 15 is 0 Å². The minimum Gasteiger partial charge on any atom is -0.481 e. The van der Waals surface area contributed by atoms with Crippen molar-refractivity contribution in [2.75, 3.05) is 0 Å². The lowest BCUT2D eigenvalue weighted by atomic mass is 9.92. The third kappa shape index (κ3) is 3.72. The van der Waals surface area contributed by atoms with Gasteiger partial charge in [0.15, 0.2) is 0 Å². The van der Waals surface area contributed by atoms with Crippen LogP contribution in [-0.2, 0) is 4.79 Å². The van der Waals surface area contributed by atoms with Crippen LogP contribution in [0.25, 0.3) is 0 Å². The smallest absolute Gasteiger partial charge is 0.307 e. The molecule has 0 saturated heterocycles. The van der Waals surface area contributed by atoms with Crippen LogP contribution in [0, 0.1) is 11.8 Å². The summed E-state index contributed by atoms with van der Waals surface area (Å²) in [5.74, 6) is -0.716. The van der Waals surface area contributed by atoms with Gasteiger partial charge < -0.3 is 10.8 Å². The molecule has 3 N–H and O–H groups in total. The molecule has 72 valence electrons. The van der Waals surface area contributed by atoms with Gasteiger partial charge in [-0.2, -0.15) is 0 Å². The highest BCUT2D eigenvalue weighted by atomic mass is 16.4. The van der Waals surface area contributed by atoms with Crippen LogP contribution in [0.2, 0.25) is 0 Å². The molecule has 12 heavy (non-hydrogen) atoms. The van der Waals surface area contributed by atoms with Crippen molar-refractivity contribution in [2.45, 2.75) is 39.7 Å². The fraction of sp³-hybridized carbons (Fsp3) is 0.889. The van der Waals surface area contributed by atoms with E-state index in [9.17, 15) is 4.79 Å². The first-order chi connectivity index (χ1) is 5.49. The van der Waals surface area contributed by atoms with Crippen molar-refractivity contribution in [1.82, 2.24) is 0 Å². The SMILES string of the molecule is CC[C@H](C)C[C@H](N)C(C)C(=O)O. The fourth-order valence-electron chi connectivity index (χ4n) is 1.02. The summed E-state index contributed by atoms with van der Waals surface area (Å²) in [7, 11) is 0. The number of rotatable bonds is 5. The van der Waals surface area contributed by atoms with Gasteiger partial charge in [-0.1, -0.05) is 27.2 Å². The van der Waals surface area contributed by atoms with E-state index in [2.05, 4.69) is 13.8 Å². The van der Waals surface area contributed by atoms with E-state index in [-0.39, 0.29) is 6.04 Å². The van der Waals surface area contributed by atoms with Crippen molar-refractivity contribution in [3.63, 3.8) is 0 Å². The van der Waals surface area contributed by atoms with Gasteiger partial charge in [0.25, 0.3) is 0 Å². The Morgan fingerprint density at radius 1 is 1.50 bits per heavy atom. The van der Waals surface area contributed by atoms with E-state index in [1.54, 1.807) is 6.92 Å². The van der Waals surface area contributed by atoms with Gasteiger partial charge >= 0.3 is 5.97 Å². The Balaban J connectivity index is 3.86. The summed E-state index contributed by atoms with van der Waals surface area (Å²) < 4.78 is 0. The molecule has 3 atom stereocenters. The van der Waals surface area contributed by atoms with E-state index in [1.807, 2.05) is 0 Å². The van der Waals surface area contributed by atoms with Crippen molar-refractivity contribution in [3.8, 4) is 0 Å². The van der Waals surface area contributed by atoms with Gasteiger partial charge in [0.2, 0.25) is 0 Å². The zero-order valence-electron chi connectivity index (χ0n) is 8.08. The van der Waals surface area contributed by atoms with Crippen LogP contribution >= 0.6 is 0 Å². The quantitative estimate of drug-likeness (QED) is 0.661. The number of carbonyl (C=O) groups is 1. The fourth-order valence-corrected chi connectivity index (χ4v) is 1.02. The van der Waals surface area contributed by atoms with Gasteiger partial charge in [0, 0.05) is 6.04 Å². The number of carboxylic acid groups (broad SMARTS) is 1. The van der Waals surface area contributed by atoms with Crippen molar-refractivity contribution in [1.29, 1.82) is 0 Å². The van der Waals surface area contributed by atoms with Crippen LogP contribution in [0.5, 0.6) is 0 Å². The normalized spacial score (nSPS) is 18.3. The number of nitrogens with two attached hydrogens (primary N) is 1. The highest BCUT2D eigenvalue weighted by molar-refractivity contribution is 5.70. The van der Waals surface area contributed by atoms with Gasteiger partial charge in [0.1, 0.15) is 0 Å². The van der Waals surface area contributed by atoms with Crippen molar-refractivity contribution in [2.24, 2.45) is 17.6 Å². The van der Waals surface area contributed by atoms with Gasteiger partial charge in [-0.25, -0.2) is 0 Å². The second-order valence-electron chi connectivity index (χ2n) is 3.54. The molecule has 0 aromatic heterocycles. The lowest BCUT2D eigenvalue weighted by Crippen LogP contribution is -2.34. The first-order valence-corrected chi connectivity index (χ1v) is 4.47. The van der Waals surface area contributed by atoms with Gasteiger partial charge in [-0.3, -0.25) is 4.79 Å². The highest BCUT2D eigenvalue weighted by Gasteiger charge is 2.20. The minimum atomic E-state index is -0.800. The van der Waals surface area contributed by atoms with Gasteiger partial charge in [-0.15, -0.1) is 0 Å². The van der Waals surface area contributed by atoms with Crippen molar-refractivity contribution < 1.29 is 9.90 Å². The van der Waals surface area contributed by atoms with Crippen molar-refractivity contribution >= 4 is 5.97 Å². The number of hydrogen-bond donors (Lipinski definition) is 2. The standard InChI is InChI=1S/C9H19NO2/c1-4-6(2)5-8(10)7(3)9(11)12/h6-8H,4-5,10H2,1-3H3,(H,11,12)/t6-,7?,8-/m0/s1. The average Bonchev–Trinajstić information content (AvgIpc) is 2.02. The predicted molar refractivity (Wildman–Crippen MR) is 48.8 cm³/mol. The number of hydrogen-bond acceptors (Lipinski definition) is 2. The third-order valence-electron chi connectivity index (χ3n) is 2.40. The second-order valence-corrected chi connectivity index (χ2v) is 3.54. The van der Waals surface area contributed by atoms with E-state index < -0.39 is 11.9 Å². The summed E-state index contributed by atoms with van der Waals surface area (Å²) in [6.07, 6.45) is 1.85. The summed E-state index contributed by atoms with van der Waals surface area (Å²) >= 11 is 0. The third-order valence-corrected chi connectivity index (χ3v) is 2.40. The molecule has 0 rings (SSSR count). The molecule has 1 unspecified atom stereocenters. The zero-order chi connectivity index (χ0) is 9.72. The molecule has 0 aliphatic heterocycles. The average molecular weight is 173 g/mol. The zero-order valence-corrected chi connectivity index (χ0v) is 8.08. The summed E-state index contributed by atoms with van der Waals surface area (Å²) in [5, 5.41) is 8.66. The van der Waals surface area contributed by atoms with Crippen LogP contribution in [0.4, 0.5) is 0 Å². The van der Waals surface area contributed by atoms with Crippen LogP contribution in [0.1, 0.15) is 33.6 Å². The molecular weight excluding hydrogens is 154 g/mol. The molecule has 0 saturated carbocycles. The van der Waals surface area contributed by atoms with Gasteiger partial charge in [-0.05, 0) is 12.3 Å². The molecule has 0 spiro atoms. The van der Waals surface area contributed by atoms with E-state index in [0.717, 1.165) is 12.8 Å². The Morgan fingerprint density at radius 2 is 2.00 bits per heavy atom. The molecular formula is C9H19NO2. The summed E-state index contributed by atoms with van der Waals surface area (Å²) in [4.78, 5) is 10.5. The molecule has 3 nitrogen and oxygen atoms in total. The van der Waals surface area contributed by atoms with Crippen LogP contribution in [0.3, 0.4) is 0 Å². The number of aliphatic carboxylic acids is 1. The lowest BCUT2D eigenvalue weighted by molar-refractivity contribution is -0.141. The monoisotopic (exact) mass is 173 g/mol. The summed E-state index contributed by atoms with van der Waals surface area (Å²) in [6, 6.07) is -0.211. The van der Waals surface area contributed by atoms with Gasteiger partial charge in [0.05, 0.1) is 5.92 Å². The van der Waals surface area contributed by atoms with E-state index in [0.29, 0.717) is 5.92 Å². The Bertz CT molecular complexity index is 147. The maximum atomic E-state index is 10.5. The molecule has 0 aliphatic rings. The topological polar surface area (TPSA) is 63.3 Å². The van der Waals surface area contributed by atoms with Crippen LogP contribution in [0.15, 0.2) is 0 Å². The molecule has 0 radical (unpaired) electrons. The molecule has 0 fully saturated rings. The van der Waals surface area contributed by atoms with Crippen LogP contribution in [-0.4, -0.2) is 17.1 Å². The summed E-state index contributed by atoms with van der Waals surface area (Å²) in [5.41, 5.74) is 5.71. The molecule has 0 bridgehead atoms. The first kappa shape index (κ1) is 11.4. The van der Waals surface area contributed by atoms with Crippen LogP contribution < -0.4 is 5.73 Å².